The molecule has 10 rings (SSSR count). The van der Waals surface area contributed by atoms with Crippen LogP contribution in [0.25, 0.3) is 10.9 Å². The molecule has 27 nitrogen and oxygen atoms in total. The van der Waals surface area contributed by atoms with Crippen molar-refractivity contribution in [2.75, 3.05) is 39.9 Å². The molecule has 28 heteroatoms. The molecule has 2 fully saturated rings. The summed E-state index contributed by atoms with van der Waals surface area (Å²) in [7, 11) is 1.49. The molecule has 11 amide bonds. The van der Waals surface area contributed by atoms with Gasteiger partial charge < -0.3 is 82.9 Å². The monoisotopic (exact) mass is 1330 g/mol. The SMILES string of the molecule is COc1ccc(C[C@@H]2NC(=O)[C@H]([C@@H](C)O)NC(=O)[C@@H]3[C@@H]4CCN3C(=O)[C@H](Cc3c[nH]c5ccc(F)cc35)NC(=O)[C@@H](NC(=O)[C@@H](C)NC(=O)[C@H](CN)NC(=O)CCC(=O)NCc3ccc(cc3)CCNC(=O)[C@]3(C)CCCN3C2=O)[C@@H](C)c2cccc(c2)CNC(=O)CO4)cc1. The molecule has 96 heavy (non-hydrogen) atoms. The van der Waals surface area contributed by atoms with Crippen molar-refractivity contribution in [2.24, 2.45) is 5.73 Å². The second kappa shape index (κ2) is 31.6. The molecule has 0 unspecified atom stereocenters. The molecule has 1 aromatic heterocycles. The summed E-state index contributed by atoms with van der Waals surface area (Å²) in [6.45, 7) is 4.94. The number of rotatable bonds is 7. The first-order chi connectivity index (χ1) is 45.9. The van der Waals surface area contributed by atoms with Gasteiger partial charge in [-0.05, 0) is 110 Å². The number of nitrogens with zero attached hydrogens (tertiary/aromatic N) is 2. The van der Waals surface area contributed by atoms with Crippen molar-refractivity contribution in [3.8, 4) is 5.75 Å². The summed E-state index contributed by atoms with van der Waals surface area (Å²) < 4.78 is 26.6. The Morgan fingerprint density at radius 3 is 2.11 bits per heavy atom. The number of amides is 11. The summed E-state index contributed by atoms with van der Waals surface area (Å²) in [5.74, 6) is -9.55. The molecule has 0 saturated carbocycles. The first kappa shape index (κ1) is 70.5. The Morgan fingerprint density at radius 1 is 0.688 bits per heavy atom. The molecule has 5 aliphatic heterocycles. The van der Waals surface area contributed by atoms with Gasteiger partial charge in [-0.15, -0.1) is 0 Å². The number of methoxy groups -OCH3 is 1. The fraction of sp³-hybridized carbons (Fsp3) is 0.456. The maximum atomic E-state index is 15.7. The van der Waals surface area contributed by atoms with Gasteiger partial charge in [-0.25, -0.2) is 4.39 Å². The van der Waals surface area contributed by atoms with Crippen LogP contribution in [0.5, 0.6) is 5.75 Å². The van der Waals surface area contributed by atoms with E-state index >= 15 is 23.6 Å². The Bertz CT molecular complexity index is 3720. The highest BCUT2D eigenvalue weighted by Gasteiger charge is 2.50. The van der Waals surface area contributed by atoms with E-state index < -0.39 is 150 Å². The van der Waals surface area contributed by atoms with Gasteiger partial charge in [-0.1, -0.05) is 67.6 Å². The van der Waals surface area contributed by atoms with Gasteiger partial charge in [0.1, 0.15) is 66.0 Å². The summed E-state index contributed by atoms with van der Waals surface area (Å²) in [6, 6.07) is 13.8. The molecule has 5 aliphatic rings. The second-order valence-corrected chi connectivity index (χ2v) is 25.1. The third-order valence-electron chi connectivity index (χ3n) is 18.2. The normalized spacial score (nSPS) is 26.5. The average molecular weight is 1330 g/mol. The smallest absolute Gasteiger partial charge is 0.246 e. The summed E-state index contributed by atoms with van der Waals surface area (Å²) in [5.41, 5.74) is 8.58. The van der Waals surface area contributed by atoms with Crippen LogP contribution in [-0.2, 0) is 89.8 Å². The van der Waals surface area contributed by atoms with E-state index in [0.717, 1.165) is 16.0 Å². The number of halogens is 1. The summed E-state index contributed by atoms with van der Waals surface area (Å²) >= 11 is 0. The average Bonchev–Trinajstić information content (AvgIpc) is 1.63. The molecule has 5 aromatic rings. The van der Waals surface area contributed by atoms with Crippen LogP contribution in [0.1, 0.15) is 99.1 Å². The number of aromatic amines is 1. The van der Waals surface area contributed by atoms with Gasteiger partial charge in [0.2, 0.25) is 65.0 Å². The van der Waals surface area contributed by atoms with Crippen LogP contribution >= 0.6 is 0 Å². The van der Waals surface area contributed by atoms with Crippen molar-refractivity contribution >= 4 is 75.9 Å². The number of fused-ring (bicyclic) bond motifs is 26. The molecule has 0 spiro atoms. The van der Waals surface area contributed by atoms with E-state index in [2.05, 4.69) is 52.8 Å². The van der Waals surface area contributed by atoms with Gasteiger partial charge in [0.15, 0.2) is 0 Å². The first-order valence-corrected chi connectivity index (χ1v) is 32.2. The number of nitrogens with two attached hydrogens (primary N) is 1. The van der Waals surface area contributed by atoms with Gasteiger partial charge in [0.05, 0.1) is 19.3 Å². The molecule has 11 atom stereocenters. The van der Waals surface area contributed by atoms with Crippen LogP contribution in [0.4, 0.5) is 4.39 Å². The number of carbonyl (C=O) groups excluding carboxylic acids is 11. The van der Waals surface area contributed by atoms with Crippen LogP contribution in [0.15, 0.2) is 97.2 Å². The van der Waals surface area contributed by atoms with Crippen molar-refractivity contribution in [3.63, 3.8) is 0 Å². The summed E-state index contributed by atoms with van der Waals surface area (Å²) in [6.07, 6.45) is -1.47. The quantitative estimate of drug-likeness (QED) is 0.0950. The summed E-state index contributed by atoms with van der Waals surface area (Å²) in [4.78, 5) is 164. The third-order valence-corrected chi connectivity index (χ3v) is 18.2. The number of aromatic nitrogens is 1. The molecular weight excluding hydrogens is 1240 g/mol. The van der Waals surface area contributed by atoms with E-state index in [1.54, 1.807) is 74.5 Å². The van der Waals surface area contributed by atoms with Gasteiger partial charge in [0.25, 0.3) is 0 Å². The van der Waals surface area contributed by atoms with E-state index in [9.17, 15) is 38.7 Å². The predicted octanol–water partition coefficient (Wildman–Crippen LogP) is -0.0614. The van der Waals surface area contributed by atoms with E-state index in [1.807, 2.05) is 12.1 Å². The largest absolute Gasteiger partial charge is 0.497 e. The molecule has 8 bridgehead atoms. The van der Waals surface area contributed by atoms with Crippen molar-refractivity contribution in [1.82, 2.24) is 62.6 Å². The maximum Gasteiger partial charge on any atom is 0.246 e. The highest BCUT2D eigenvalue weighted by molar-refractivity contribution is 6.00. The Hall–Kier alpha value is -9.80. The van der Waals surface area contributed by atoms with Gasteiger partial charge >= 0.3 is 0 Å². The predicted molar refractivity (Wildman–Crippen MR) is 347 cm³/mol. The zero-order chi connectivity index (χ0) is 69.0. The fourth-order valence-corrected chi connectivity index (χ4v) is 12.6. The lowest BCUT2D eigenvalue weighted by Crippen LogP contribution is -2.64. The maximum absolute atomic E-state index is 15.7. The molecule has 4 aromatic carbocycles. The fourth-order valence-electron chi connectivity index (χ4n) is 12.6. The molecule has 512 valence electrons. The van der Waals surface area contributed by atoms with Gasteiger partial charge in [0, 0.05) is 88.0 Å². The van der Waals surface area contributed by atoms with Crippen molar-refractivity contribution in [3.05, 3.63) is 136 Å². The van der Waals surface area contributed by atoms with Crippen molar-refractivity contribution < 1.29 is 71.7 Å². The molecule has 2 saturated heterocycles. The molecule has 13 N–H and O–H groups in total. The Kier molecular flexibility index (Phi) is 23.2. The number of hydrogen-bond donors (Lipinski definition) is 12. The van der Waals surface area contributed by atoms with E-state index in [4.69, 9.17) is 15.2 Å². The van der Waals surface area contributed by atoms with E-state index in [-0.39, 0.29) is 71.2 Å². The van der Waals surface area contributed by atoms with Gasteiger partial charge in [-0.3, -0.25) is 52.7 Å². The third kappa shape index (κ3) is 17.2. The van der Waals surface area contributed by atoms with Crippen LogP contribution in [0, 0.1) is 5.82 Å². The van der Waals surface area contributed by atoms with Crippen molar-refractivity contribution in [2.45, 2.75) is 158 Å². The number of aliphatic hydroxyl groups is 1. The molecule has 0 aliphatic carbocycles. The Balaban J connectivity index is 1.08. The lowest BCUT2D eigenvalue weighted by molar-refractivity contribution is -0.148. The number of hydrogen-bond acceptors (Lipinski definition) is 15. The number of H-pyrrole nitrogens is 1. The highest BCUT2D eigenvalue weighted by atomic mass is 19.1. The lowest BCUT2D eigenvalue weighted by Gasteiger charge is -2.37. The molecular formula is C68H84FN13O14. The molecule has 0 radical (unpaired) electrons. The zero-order valence-corrected chi connectivity index (χ0v) is 54.2. The highest BCUT2D eigenvalue weighted by Crippen LogP contribution is 2.32. The number of ether oxygens (including phenoxy) is 2. The van der Waals surface area contributed by atoms with Crippen LogP contribution < -0.4 is 58.3 Å². The summed E-state index contributed by atoms with van der Waals surface area (Å²) in [5, 5.41) is 36.4. The van der Waals surface area contributed by atoms with Crippen LogP contribution in [-0.4, -0.2) is 185 Å². The minimum Gasteiger partial charge on any atom is -0.497 e. The minimum atomic E-state index is -1.83. The first-order valence-electron chi connectivity index (χ1n) is 32.2. The standard InChI is InChI=1S/C68H84FN13O14/c1-37-44-9-6-8-43(28-44)34-74-56(86)36-96-53-23-27-81-59(53)64(91)80-58(39(3)83)63(90)77-50(29-41-14-17-47(95-5)18-15-41)66(93)82-26-7-24-68(82,4)67(94)71-25-22-40-10-12-42(13-11-40)33-73-54(84)20-21-55(85)76-52(32-70)61(88)75-38(2)60(87)79-57(37)62(89)78-51(65(81)92)30-45-35-72-49-19-16-46(69)31-48(45)49/h6,8-19,28,31,35,37-39,50-53,57-59,72,83H,7,20-27,29-30,32-34,36,70H2,1-5H3,(H,71,94)(H,73,84)(H,74,86)(H,75,88)(H,76,85)(H,77,90)(H,78,89)(H,79,87)(H,80,91)/t37-,38+,39+,50-,51-,52-,53-,57-,58-,59-,68-/m0/s1. The number of aliphatic hydroxyl groups excluding tert-OH is 1. The topological polar surface area (TPSA) is 383 Å². The Labute approximate surface area is 554 Å². The number of benzene rings is 4. The van der Waals surface area contributed by atoms with Gasteiger partial charge in [-0.2, -0.15) is 0 Å². The number of carbonyl (C=O) groups is 11. The minimum absolute atomic E-state index is 0.0558. The lowest BCUT2D eigenvalue weighted by atomic mass is 9.90. The second-order valence-electron chi connectivity index (χ2n) is 25.1. The number of nitrogens with one attached hydrogen (secondary N) is 10. The van der Waals surface area contributed by atoms with Crippen molar-refractivity contribution in [1.29, 1.82) is 0 Å². The zero-order valence-electron chi connectivity index (χ0n) is 54.2. The molecule has 6 heterocycles. The van der Waals surface area contributed by atoms with Crippen LogP contribution in [0.3, 0.4) is 0 Å². The van der Waals surface area contributed by atoms with Crippen LogP contribution in [0.2, 0.25) is 0 Å². The Morgan fingerprint density at radius 2 is 1.39 bits per heavy atom. The van der Waals surface area contributed by atoms with E-state index in [1.165, 1.54) is 50.3 Å². The van der Waals surface area contributed by atoms with E-state index in [0.29, 0.717) is 51.7 Å².